The van der Waals surface area contributed by atoms with Gasteiger partial charge in [0.25, 0.3) is 0 Å². The fraction of sp³-hybridized carbons (Fsp3) is 1.00. The maximum atomic E-state index is 12.8. The van der Waals surface area contributed by atoms with Crippen molar-refractivity contribution in [1.29, 1.82) is 0 Å². The summed E-state index contributed by atoms with van der Waals surface area (Å²) in [4.78, 5) is 0. The van der Waals surface area contributed by atoms with Crippen LogP contribution in [0.3, 0.4) is 0 Å². The number of hydrogen-bond acceptors (Lipinski definition) is 2. The molecule has 0 saturated carbocycles. The molecule has 0 spiro atoms. The predicted molar refractivity (Wildman–Crippen MR) is 65.6 cm³/mol. The zero-order valence-corrected chi connectivity index (χ0v) is 12.0. The van der Waals surface area contributed by atoms with Gasteiger partial charge < -0.3 is 9.84 Å². The lowest BCUT2D eigenvalue weighted by Gasteiger charge is -2.28. The van der Waals surface area contributed by atoms with Crippen molar-refractivity contribution in [2.45, 2.75) is 76.4 Å². The van der Waals surface area contributed by atoms with Gasteiger partial charge in [-0.25, -0.2) is 0 Å². The summed E-state index contributed by atoms with van der Waals surface area (Å²) in [5, 5.41) is 7.78. The minimum absolute atomic E-state index is 0.0659. The zero-order chi connectivity index (χ0) is 16.6. The van der Waals surface area contributed by atoms with E-state index in [1.165, 1.54) is 0 Å². The third-order valence-corrected chi connectivity index (χ3v) is 3.02. The van der Waals surface area contributed by atoms with Crippen LogP contribution in [0.1, 0.15) is 58.3 Å². The molecular weight excluding hydrogens is 302 g/mol. The van der Waals surface area contributed by atoms with Crippen molar-refractivity contribution < 1.29 is 36.2 Å². The number of aliphatic hydroxyl groups is 1. The van der Waals surface area contributed by atoms with E-state index in [2.05, 4.69) is 11.7 Å². The number of hydrogen-bond donors (Lipinski definition) is 1. The van der Waals surface area contributed by atoms with Crippen molar-refractivity contribution in [3.8, 4) is 0 Å². The molecule has 0 saturated heterocycles. The van der Waals surface area contributed by atoms with Crippen molar-refractivity contribution in [3.05, 3.63) is 0 Å². The van der Waals surface area contributed by atoms with Crippen LogP contribution in [0.5, 0.6) is 0 Å². The van der Waals surface area contributed by atoms with E-state index >= 15 is 0 Å². The Morgan fingerprint density at radius 3 is 1.62 bits per heavy atom. The van der Waals surface area contributed by atoms with E-state index in [1.54, 1.807) is 0 Å². The third-order valence-electron chi connectivity index (χ3n) is 3.02. The van der Waals surface area contributed by atoms with E-state index in [0.29, 0.717) is 6.42 Å². The van der Waals surface area contributed by atoms with Crippen LogP contribution in [0.4, 0.5) is 26.3 Å². The summed E-state index contributed by atoms with van der Waals surface area (Å²) < 4.78 is 78.3. The van der Waals surface area contributed by atoms with Crippen LogP contribution >= 0.6 is 0 Å². The van der Waals surface area contributed by atoms with Crippen molar-refractivity contribution >= 4 is 0 Å². The van der Waals surface area contributed by atoms with Crippen LogP contribution in [0.15, 0.2) is 0 Å². The summed E-state index contributed by atoms with van der Waals surface area (Å²) in [7, 11) is 0. The molecule has 0 amide bonds. The summed E-state index contributed by atoms with van der Waals surface area (Å²) in [5.41, 5.74) is 0. The van der Waals surface area contributed by atoms with Crippen molar-refractivity contribution in [1.82, 2.24) is 0 Å². The highest BCUT2D eigenvalue weighted by Crippen LogP contribution is 2.44. The molecule has 0 aromatic carbocycles. The molecule has 0 aromatic rings. The summed E-state index contributed by atoms with van der Waals surface area (Å²) in [6.45, 7) is 1.30. The van der Waals surface area contributed by atoms with Gasteiger partial charge in [-0.05, 0) is 6.42 Å². The molecule has 0 bridgehead atoms. The topological polar surface area (TPSA) is 29.5 Å². The summed E-state index contributed by atoms with van der Waals surface area (Å²) >= 11 is 0. The first-order valence-electron chi connectivity index (χ1n) is 7.06. The molecule has 0 fully saturated rings. The number of rotatable bonds is 12. The lowest BCUT2D eigenvalue weighted by molar-refractivity contribution is -0.441. The second-order valence-corrected chi connectivity index (χ2v) is 4.96. The van der Waals surface area contributed by atoms with Gasteiger partial charge in [-0.15, -0.1) is 0 Å². The van der Waals surface area contributed by atoms with Crippen LogP contribution in [0.2, 0.25) is 0 Å². The average Bonchev–Trinajstić information content (AvgIpc) is 2.35. The van der Waals surface area contributed by atoms with E-state index < -0.39 is 24.7 Å². The normalized spacial score (nSPS) is 13.7. The molecule has 0 unspecified atom stereocenters. The number of ether oxygens (including phenoxy) is 1. The van der Waals surface area contributed by atoms with Gasteiger partial charge in [-0.2, -0.15) is 26.3 Å². The van der Waals surface area contributed by atoms with E-state index in [-0.39, 0.29) is 6.42 Å². The smallest absolute Gasteiger partial charge is 0.331 e. The van der Waals surface area contributed by atoms with Crippen LogP contribution in [-0.2, 0) is 4.74 Å². The maximum Gasteiger partial charge on any atom is 0.428 e. The Hall–Kier alpha value is -0.500. The van der Waals surface area contributed by atoms with E-state index in [1.807, 2.05) is 0 Å². The first kappa shape index (κ1) is 20.5. The molecule has 8 heteroatoms. The fourth-order valence-electron chi connectivity index (χ4n) is 1.70. The van der Waals surface area contributed by atoms with E-state index in [4.69, 9.17) is 5.11 Å². The molecule has 2 nitrogen and oxygen atoms in total. The van der Waals surface area contributed by atoms with Crippen molar-refractivity contribution in [3.63, 3.8) is 0 Å². The Morgan fingerprint density at radius 1 is 0.762 bits per heavy atom. The molecular formula is C13H22F6O2. The molecule has 0 atom stereocenters. The van der Waals surface area contributed by atoms with Crippen LogP contribution < -0.4 is 0 Å². The SMILES string of the molecule is CCCCCCCCCCOC(F)(F)C(F)(F)C(O)(F)F. The van der Waals surface area contributed by atoms with Gasteiger partial charge in [0, 0.05) is 0 Å². The monoisotopic (exact) mass is 324 g/mol. The highest BCUT2D eigenvalue weighted by molar-refractivity contribution is 4.84. The van der Waals surface area contributed by atoms with Gasteiger partial charge >= 0.3 is 18.1 Å². The van der Waals surface area contributed by atoms with Crippen molar-refractivity contribution in [2.75, 3.05) is 6.61 Å². The molecule has 0 aromatic heterocycles. The first-order chi connectivity index (χ1) is 9.56. The Kier molecular flexibility index (Phi) is 8.61. The fourth-order valence-corrected chi connectivity index (χ4v) is 1.70. The minimum atomic E-state index is -5.96. The minimum Gasteiger partial charge on any atom is -0.331 e. The Morgan fingerprint density at radius 2 is 1.19 bits per heavy atom. The summed E-state index contributed by atoms with van der Waals surface area (Å²) in [6, 6.07) is 0. The van der Waals surface area contributed by atoms with Gasteiger partial charge in [0.15, 0.2) is 0 Å². The lowest BCUT2D eigenvalue weighted by atomic mass is 10.1. The first-order valence-corrected chi connectivity index (χ1v) is 7.06. The molecule has 0 aliphatic carbocycles. The van der Waals surface area contributed by atoms with Gasteiger partial charge in [-0.1, -0.05) is 51.9 Å². The summed E-state index contributed by atoms with van der Waals surface area (Å²) in [6.07, 6.45) is -4.72. The van der Waals surface area contributed by atoms with Crippen LogP contribution in [-0.4, -0.2) is 29.9 Å². The second kappa shape index (κ2) is 8.82. The van der Waals surface area contributed by atoms with Gasteiger partial charge in [0.1, 0.15) is 0 Å². The lowest BCUT2D eigenvalue weighted by Crippen LogP contribution is -2.55. The Balaban J connectivity index is 3.86. The Labute approximate surface area is 120 Å². The van der Waals surface area contributed by atoms with E-state index in [9.17, 15) is 26.3 Å². The molecule has 0 aliphatic rings. The molecule has 1 N–H and O–H groups in total. The number of unbranched alkanes of at least 4 members (excludes halogenated alkanes) is 7. The number of alkyl halides is 6. The van der Waals surface area contributed by atoms with Crippen LogP contribution in [0.25, 0.3) is 0 Å². The highest BCUT2D eigenvalue weighted by Gasteiger charge is 2.73. The molecule has 0 aliphatic heterocycles. The highest BCUT2D eigenvalue weighted by atomic mass is 19.4. The second-order valence-electron chi connectivity index (χ2n) is 4.96. The molecule has 21 heavy (non-hydrogen) atoms. The molecule has 0 radical (unpaired) electrons. The largest absolute Gasteiger partial charge is 0.428 e. The number of halogens is 6. The molecule has 128 valence electrons. The maximum absolute atomic E-state index is 12.8. The standard InChI is InChI=1S/C13H22F6O2/c1-2-3-4-5-6-7-8-9-10-21-13(18,19)11(14,15)12(16,17)20/h20H,2-10H2,1H3. The van der Waals surface area contributed by atoms with E-state index in [0.717, 1.165) is 38.5 Å². The van der Waals surface area contributed by atoms with Gasteiger partial charge in [-0.3, -0.25) is 0 Å². The van der Waals surface area contributed by atoms with Gasteiger partial charge in [0.05, 0.1) is 6.61 Å². The predicted octanol–water partition coefficient (Wildman–Crippen LogP) is 4.96. The zero-order valence-electron chi connectivity index (χ0n) is 12.0. The third kappa shape index (κ3) is 6.86. The Bertz CT molecular complexity index is 278. The average molecular weight is 324 g/mol. The van der Waals surface area contributed by atoms with Crippen LogP contribution in [0, 0.1) is 0 Å². The van der Waals surface area contributed by atoms with Gasteiger partial charge in [0.2, 0.25) is 0 Å². The van der Waals surface area contributed by atoms with Crippen molar-refractivity contribution in [2.24, 2.45) is 0 Å². The quantitative estimate of drug-likeness (QED) is 0.406. The molecule has 0 rings (SSSR count). The summed E-state index contributed by atoms with van der Waals surface area (Å²) in [5.74, 6) is -5.96. The molecule has 0 heterocycles.